The quantitative estimate of drug-likeness (QED) is 0.350. The van der Waals surface area contributed by atoms with E-state index in [1.54, 1.807) is 13.2 Å². The molecule has 0 spiro atoms. The summed E-state index contributed by atoms with van der Waals surface area (Å²) in [4.78, 5) is 9.70. The standard InChI is InChI=1S/C20H34N4O2.HI/c1-5-21-20(24-12-10-23(11-13-24)15-16(2)3)22-9-8-17-6-7-18(25)19(14-17)26-4;/h6-7,14,16,25H,5,8-13,15H2,1-4H3,(H,21,22);1H. The molecule has 2 rings (SSSR count). The minimum Gasteiger partial charge on any atom is -0.504 e. The second-order valence-electron chi connectivity index (χ2n) is 7.17. The lowest BCUT2D eigenvalue weighted by atomic mass is 10.1. The second-order valence-corrected chi connectivity index (χ2v) is 7.17. The summed E-state index contributed by atoms with van der Waals surface area (Å²) < 4.78 is 5.17. The van der Waals surface area contributed by atoms with Crippen molar-refractivity contribution in [3.63, 3.8) is 0 Å². The summed E-state index contributed by atoms with van der Waals surface area (Å²) in [5.74, 6) is 2.40. The maximum absolute atomic E-state index is 9.69. The fourth-order valence-electron chi connectivity index (χ4n) is 3.25. The highest BCUT2D eigenvalue weighted by molar-refractivity contribution is 14.0. The van der Waals surface area contributed by atoms with E-state index in [0.29, 0.717) is 18.2 Å². The van der Waals surface area contributed by atoms with Gasteiger partial charge in [-0.25, -0.2) is 0 Å². The third-order valence-corrected chi connectivity index (χ3v) is 4.54. The number of hydrogen-bond donors (Lipinski definition) is 2. The molecule has 0 atom stereocenters. The zero-order valence-electron chi connectivity index (χ0n) is 17.1. The van der Waals surface area contributed by atoms with Crippen molar-refractivity contribution in [2.45, 2.75) is 27.2 Å². The van der Waals surface area contributed by atoms with Gasteiger partial charge in [-0.1, -0.05) is 19.9 Å². The maximum Gasteiger partial charge on any atom is 0.194 e. The first-order valence-corrected chi connectivity index (χ1v) is 9.65. The number of guanidine groups is 1. The first-order valence-electron chi connectivity index (χ1n) is 9.65. The lowest BCUT2D eigenvalue weighted by Gasteiger charge is -2.37. The van der Waals surface area contributed by atoms with Crippen LogP contribution in [0.4, 0.5) is 0 Å². The van der Waals surface area contributed by atoms with Gasteiger partial charge in [0.05, 0.1) is 7.11 Å². The van der Waals surface area contributed by atoms with Crippen LogP contribution in [0.5, 0.6) is 11.5 Å². The van der Waals surface area contributed by atoms with E-state index in [9.17, 15) is 5.11 Å². The summed E-state index contributed by atoms with van der Waals surface area (Å²) in [5, 5.41) is 13.1. The molecule has 1 fully saturated rings. The Morgan fingerprint density at radius 2 is 1.96 bits per heavy atom. The van der Waals surface area contributed by atoms with Crippen LogP contribution in [0.15, 0.2) is 23.2 Å². The minimum absolute atomic E-state index is 0. The highest BCUT2D eigenvalue weighted by Gasteiger charge is 2.19. The smallest absolute Gasteiger partial charge is 0.194 e. The van der Waals surface area contributed by atoms with Gasteiger partial charge in [-0.15, -0.1) is 24.0 Å². The van der Waals surface area contributed by atoms with Gasteiger partial charge in [0, 0.05) is 45.8 Å². The summed E-state index contributed by atoms with van der Waals surface area (Å²) in [7, 11) is 1.57. The van der Waals surface area contributed by atoms with Crippen LogP contribution < -0.4 is 10.1 Å². The molecule has 1 aromatic rings. The summed E-state index contributed by atoms with van der Waals surface area (Å²) in [5.41, 5.74) is 1.11. The molecule has 0 aliphatic carbocycles. The Morgan fingerprint density at radius 3 is 2.56 bits per heavy atom. The average molecular weight is 490 g/mol. The molecular formula is C20H35IN4O2. The predicted octanol–water partition coefficient (Wildman–Crippen LogP) is 2.80. The molecule has 0 radical (unpaired) electrons. The fourth-order valence-corrected chi connectivity index (χ4v) is 3.25. The molecule has 1 heterocycles. The van der Waals surface area contributed by atoms with Gasteiger partial charge in [-0.3, -0.25) is 9.89 Å². The Morgan fingerprint density at radius 1 is 1.26 bits per heavy atom. The number of nitrogens with zero attached hydrogens (tertiary/aromatic N) is 3. The fraction of sp³-hybridized carbons (Fsp3) is 0.650. The number of rotatable bonds is 7. The van der Waals surface area contributed by atoms with Gasteiger partial charge in [0.15, 0.2) is 17.5 Å². The summed E-state index contributed by atoms with van der Waals surface area (Å²) >= 11 is 0. The molecule has 0 aromatic heterocycles. The number of halogens is 1. The van der Waals surface area contributed by atoms with Crippen LogP contribution in [-0.4, -0.2) is 73.8 Å². The molecule has 0 unspecified atom stereocenters. The van der Waals surface area contributed by atoms with E-state index in [1.165, 1.54) is 6.54 Å². The van der Waals surface area contributed by atoms with E-state index < -0.39 is 0 Å². The number of aliphatic imine (C=N–C) groups is 1. The molecule has 1 aliphatic rings. The molecule has 0 saturated carbocycles. The topological polar surface area (TPSA) is 60.3 Å². The number of phenols is 1. The Bertz CT molecular complexity index is 587. The number of phenolic OH excluding ortho intramolecular Hbond substituents is 1. The van der Waals surface area contributed by atoms with Crippen molar-refractivity contribution in [1.29, 1.82) is 0 Å². The SMILES string of the molecule is CCNC(=NCCc1ccc(O)c(OC)c1)N1CCN(CC(C)C)CC1.I. The summed E-state index contributed by atoms with van der Waals surface area (Å²) in [6.07, 6.45) is 0.818. The minimum atomic E-state index is 0. The van der Waals surface area contributed by atoms with Gasteiger partial charge in [-0.2, -0.15) is 0 Å². The summed E-state index contributed by atoms with van der Waals surface area (Å²) in [6.45, 7) is 13.6. The van der Waals surface area contributed by atoms with E-state index in [0.717, 1.165) is 50.7 Å². The first kappa shape index (κ1) is 23.8. The molecule has 1 saturated heterocycles. The van der Waals surface area contributed by atoms with Crippen molar-refractivity contribution in [2.75, 3.05) is 52.9 Å². The van der Waals surface area contributed by atoms with Crippen molar-refractivity contribution in [3.8, 4) is 11.5 Å². The van der Waals surface area contributed by atoms with Gasteiger partial charge < -0.3 is 20.1 Å². The second kappa shape index (κ2) is 12.3. The number of ether oxygens (including phenoxy) is 1. The molecule has 154 valence electrons. The zero-order valence-corrected chi connectivity index (χ0v) is 19.4. The Balaban J connectivity index is 0.00000364. The largest absolute Gasteiger partial charge is 0.504 e. The van der Waals surface area contributed by atoms with Crippen molar-refractivity contribution in [1.82, 2.24) is 15.1 Å². The van der Waals surface area contributed by atoms with Gasteiger partial charge in [0.1, 0.15) is 0 Å². The third-order valence-electron chi connectivity index (χ3n) is 4.54. The van der Waals surface area contributed by atoms with Crippen molar-refractivity contribution in [2.24, 2.45) is 10.9 Å². The molecule has 27 heavy (non-hydrogen) atoms. The normalized spacial score (nSPS) is 15.6. The van der Waals surface area contributed by atoms with Gasteiger partial charge in [0.25, 0.3) is 0 Å². The number of nitrogens with one attached hydrogen (secondary N) is 1. The molecular weight excluding hydrogens is 455 g/mol. The number of piperazine rings is 1. The van der Waals surface area contributed by atoms with Crippen molar-refractivity contribution in [3.05, 3.63) is 23.8 Å². The van der Waals surface area contributed by atoms with E-state index >= 15 is 0 Å². The van der Waals surface area contributed by atoms with E-state index in [4.69, 9.17) is 9.73 Å². The van der Waals surface area contributed by atoms with Gasteiger partial charge >= 0.3 is 0 Å². The van der Waals surface area contributed by atoms with E-state index in [1.807, 2.05) is 12.1 Å². The van der Waals surface area contributed by atoms with Crippen molar-refractivity contribution >= 4 is 29.9 Å². The molecule has 0 bridgehead atoms. The lowest BCUT2D eigenvalue weighted by molar-refractivity contribution is 0.164. The molecule has 2 N–H and O–H groups in total. The number of benzene rings is 1. The predicted molar refractivity (Wildman–Crippen MR) is 123 cm³/mol. The summed E-state index contributed by atoms with van der Waals surface area (Å²) in [6, 6.07) is 5.48. The number of methoxy groups -OCH3 is 1. The Hall–Kier alpha value is -1.22. The van der Waals surface area contributed by atoms with Crippen LogP contribution >= 0.6 is 24.0 Å². The van der Waals surface area contributed by atoms with Crippen LogP contribution in [0.25, 0.3) is 0 Å². The Kier molecular flexibility index (Phi) is 10.8. The first-order chi connectivity index (χ1) is 12.5. The van der Waals surface area contributed by atoms with Crippen LogP contribution in [0.2, 0.25) is 0 Å². The number of hydrogen-bond acceptors (Lipinski definition) is 4. The molecule has 7 heteroatoms. The Labute approximate surface area is 181 Å². The van der Waals surface area contributed by atoms with Gasteiger partial charge in [-0.05, 0) is 37.0 Å². The van der Waals surface area contributed by atoms with Crippen LogP contribution in [-0.2, 0) is 6.42 Å². The molecule has 1 aromatic carbocycles. The molecule has 1 aliphatic heterocycles. The highest BCUT2D eigenvalue weighted by atomic mass is 127. The van der Waals surface area contributed by atoms with Crippen LogP contribution in [0.1, 0.15) is 26.3 Å². The lowest BCUT2D eigenvalue weighted by Crippen LogP contribution is -2.53. The zero-order chi connectivity index (χ0) is 18.9. The third kappa shape index (κ3) is 7.73. The highest BCUT2D eigenvalue weighted by Crippen LogP contribution is 2.26. The maximum atomic E-state index is 9.69. The van der Waals surface area contributed by atoms with Crippen LogP contribution in [0.3, 0.4) is 0 Å². The van der Waals surface area contributed by atoms with Gasteiger partial charge in [0.2, 0.25) is 0 Å². The molecule has 6 nitrogen and oxygen atoms in total. The van der Waals surface area contributed by atoms with E-state index in [2.05, 4.69) is 35.9 Å². The monoisotopic (exact) mass is 490 g/mol. The number of aromatic hydroxyl groups is 1. The van der Waals surface area contributed by atoms with Crippen LogP contribution in [0, 0.1) is 5.92 Å². The van der Waals surface area contributed by atoms with Crippen molar-refractivity contribution < 1.29 is 9.84 Å². The van der Waals surface area contributed by atoms with E-state index in [-0.39, 0.29) is 29.7 Å². The molecule has 0 amide bonds. The average Bonchev–Trinajstić information content (AvgIpc) is 2.62.